The van der Waals surface area contributed by atoms with Gasteiger partial charge in [-0.25, -0.2) is 9.97 Å². The first-order valence-corrected chi connectivity index (χ1v) is 10.5. The lowest BCUT2D eigenvalue weighted by Gasteiger charge is -2.25. The molecule has 1 amide bonds. The van der Waals surface area contributed by atoms with Gasteiger partial charge in [0.15, 0.2) is 10.8 Å². The minimum Gasteiger partial charge on any atom is -0.378 e. The van der Waals surface area contributed by atoms with E-state index in [0.29, 0.717) is 31.2 Å². The number of hydrogen-bond acceptors (Lipinski definition) is 9. The highest BCUT2D eigenvalue weighted by atomic mass is 32.2. The number of fused-ring (bicyclic) bond motifs is 1. The Labute approximate surface area is 159 Å². The minimum absolute atomic E-state index is 0.00446. The molecule has 1 N–H and O–H groups in total. The Bertz CT molecular complexity index is 759. The van der Waals surface area contributed by atoms with Crippen LogP contribution in [0.15, 0.2) is 11.4 Å². The molecule has 8 nitrogen and oxygen atoms in total. The molecule has 2 aliphatic rings. The monoisotopic (exact) mass is 395 g/mol. The number of morpholine rings is 1. The van der Waals surface area contributed by atoms with Gasteiger partial charge in [0.25, 0.3) is 0 Å². The largest absolute Gasteiger partial charge is 0.378 e. The lowest BCUT2D eigenvalue weighted by Crippen LogP contribution is -2.36. The highest BCUT2D eigenvalue weighted by Gasteiger charge is 2.19. The average Bonchev–Trinajstić information content (AvgIpc) is 3.35. The molecule has 26 heavy (non-hydrogen) atoms. The van der Waals surface area contributed by atoms with E-state index in [2.05, 4.69) is 25.2 Å². The Hall–Kier alpha value is -1.49. The molecule has 0 spiro atoms. The molecule has 0 aliphatic carbocycles. The molecule has 1 atom stereocenters. The first kappa shape index (κ1) is 17.9. The van der Waals surface area contributed by atoms with Gasteiger partial charge in [-0.15, -0.1) is 0 Å². The first-order chi connectivity index (χ1) is 12.8. The molecule has 2 saturated heterocycles. The van der Waals surface area contributed by atoms with Gasteiger partial charge < -0.3 is 19.7 Å². The van der Waals surface area contributed by atoms with E-state index in [9.17, 15) is 4.79 Å². The SMILES string of the molecule is O=C(CSc1ncnc2nc(N3CCOCC3)sc12)NCC1CCCO1. The average molecular weight is 396 g/mol. The van der Waals surface area contributed by atoms with Gasteiger partial charge in [0.05, 0.1) is 25.1 Å². The third-order valence-electron chi connectivity index (χ3n) is 4.32. The Morgan fingerprint density at radius 3 is 3.04 bits per heavy atom. The van der Waals surface area contributed by atoms with Crippen molar-refractivity contribution in [3.8, 4) is 0 Å². The molecular formula is C16H21N5O3S2. The summed E-state index contributed by atoms with van der Waals surface area (Å²) in [5.41, 5.74) is 0.689. The van der Waals surface area contributed by atoms with E-state index < -0.39 is 0 Å². The maximum Gasteiger partial charge on any atom is 0.230 e. The number of nitrogens with one attached hydrogen (secondary N) is 1. The lowest BCUT2D eigenvalue weighted by atomic mass is 10.2. The summed E-state index contributed by atoms with van der Waals surface area (Å²) in [6, 6.07) is 0. The number of ether oxygens (including phenoxy) is 2. The molecular weight excluding hydrogens is 374 g/mol. The summed E-state index contributed by atoms with van der Waals surface area (Å²) in [7, 11) is 0. The van der Waals surface area contributed by atoms with E-state index in [1.165, 1.54) is 18.1 Å². The van der Waals surface area contributed by atoms with Gasteiger partial charge in [0, 0.05) is 26.2 Å². The molecule has 4 heterocycles. The maximum atomic E-state index is 12.1. The van der Waals surface area contributed by atoms with Crippen molar-refractivity contribution < 1.29 is 14.3 Å². The zero-order valence-corrected chi connectivity index (χ0v) is 16.0. The van der Waals surface area contributed by atoms with Crippen molar-refractivity contribution in [2.24, 2.45) is 0 Å². The lowest BCUT2D eigenvalue weighted by molar-refractivity contribution is -0.119. The van der Waals surface area contributed by atoms with Crippen LogP contribution in [-0.4, -0.2) is 72.2 Å². The molecule has 2 aliphatic heterocycles. The second-order valence-electron chi connectivity index (χ2n) is 6.16. The first-order valence-electron chi connectivity index (χ1n) is 8.75. The van der Waals surface area contributed by atoms with Gasteiger partial charge in [-0.3, -0.25) is 4.79 Å². The van der Waals surface area contributed by atoms with Crippen molar-refractivity contribution >= 4 is 44.5 Å². The molecule has 0 bridgehead atoms. The Kier molecular flexibility index (Phi) is 5.83. The van der Waals surface area contributed by atoms with Gasteiger partial charge in [-0.1, -0.05) is 23.1 Å². The van der Waals surface area contributed by atoms with Crippen molar-refractivity contribution in [3.63, 3.8) is 0 Å². The maximum absolute atomic E-state index is 12.1. The molecule has 4 rings (SSSR count). The van der Waals surface area contributed by atoms with Crippen LogP contribution in [0, 0.1) is 0 Å². The zero-order valence-electron chi connectivity index (χ0n) is 14.3. The van der Waals surface area contributed by atoms with Crippen molar-refractivity contribution in [2.75, 3.05) is 50.1 Å². The molecule has 10 heteroatoms. The number of anilines is 1. The molecule has 2 aromatic rings. The quantitative estimate of drug-likeness (QED) is 0.578. The summed E-state index contributed by atoms with van der Waals surface area (Å²) in [6.45, 7) is 4.48. The third kappa shape index (κ3) is 4.25. The Morgan fingerprint density at radius 2 is 2.23 bits per heavy atom. The van der Waals surface area contributed by atoms with E-state index in [-0.39, 0.29) is 12.0 Å². The van der Waals surface area contributed by atoms with Crippen molar-refractivity contribution in [1.82, 2.24) is 20.3 Å². The highest BCUT2D eigenvalue weighted by molar-refractivity contribution is 8.00. The van der Waals surface area contributed by atoms with Crippen LogP contribution in [0.5, 0.6) is 0 Å². The second kappa shape index (κ2) is 8.47. The van der Waals surface area contributed by atoms with Gasteiger partial charge in [0.1, 0.15) is 16.1 Å². The van der Waals surface area contributed by atoms with Crippen LogP contribution in [0.4, 0.5) is 5.13 Å². The number of amides is 1. The van der Waals surface area contributed by atoms with Gasteiger partial charge in [-0.2, -0.15) is 4.98 Å². The molecule has 2 aromatic heterocycles. The fourth-order valence-electron chi connectivity index (χ4n) is 2.93. The summed E-state index contributed by atoms with van der Waals surface area (Å²) < 4.78 is 11.9. The summed E-state index contributed by atoms with van der Waals surface area (Å²) in [4.78, 5) is 27.5. The minimum atomic E-state index is -0.00446. The van der Waals surface area contributed by atoms with Crippen LogP contribution >= 0.6 is 23.1 Å². The van der Waals surface area contributed by atoms with E-state index in [4.69, 9.17) is 9.47 Å². The van der Waals surface area contributed by atoms with Gasteiger partial charge >= 0.3 is 0 Å². The van der Waals surface area contributed by atoms with E-state index in [1.807, 2.05) is 0 Å². The number of hydrogen-bond donors (Lipinski definition) is 1. The van der Waals surface area contributed by atoms with Crippen molar-refractivity contribution in [2.45, 2.75) is 24.0 Å². The van der Waals surface area contributed by atoms with Crippen LogP contribution in [0.2, 0.25) is 0 Å². The van der Waals surface area contributed by atoms with Crippen molar-refractivity contribution in [1.29, 1.82) is 0 Å². The van der Waals surface area contributed by atoms with Crippen LogP contribution < -0.4 is 10.2 Å². The number of carbonyl (C=O) groups is 1. The predicted octanol–water partition coefficient (Wildman–Crippen LogP) is 1.31. The fraction of sp³-hybridized carbons (Fsp3) is 0.625. The Morgan fingerprint density at radius 1 is 1.35 bits per heavy atom. The molecule has 2 fully saturated rings. The smallest absolute Gasteiger partial charge is 0.230 e. The zero-order chi connectivity index (χ0) is 17.8. The summed E-state index contributed by atoms with van der Waals surface area (Å²) in [5.74, 6) is 0.319. The number of thiazole rings is 1. The Balaban J connectivity index is 1.37. The van der Waals surface area contributed by atoms with E-state index in [1.54, 1.807) is 11.3 Å². The summed E-state index contributed by atoms with van der Waals surface area (Å²) >= 11 is 3.00. The fourth-order valence-corrected chi connectivity index (χ4v) is 4.90. The number of thioether (sulfide) groups is 1. The van der Waals surface area contributed by atoms with Crippen LogP contribution in [0.25, 0.3) is 10.3 Å². The van der Waals surface area contributed by atoms with Crippen LogP contribution in [-0.2, 0) is 14.3 Å². The summed E-state index contributed by atoms with van der Waals surface area (Å²) in [5, 5.41) is 4.68. The molecule has 0 aromatic carbocycles. The number of rotatable bonds is 6. The van der Waals surface area contributed by atoms with E-state index >= 15 is 0 Å². The molecule has 1 unspecified atom stereocenters. The third-order valence-corrected chi connectivity index (χ3v) is 6.55. The summed E-state index contributed by atoms with van der Waals surface area (Å²) in [6.07, 6.45) is 3.76. The number of carbonyl (C=O) groups excluding carboxylic acids is 1. The van der Waals surface area contributed by atoms with Gasteiger partial charge in [0.2, 0.25) is 5.91 Å². The van der Waals surface area contributed by atoms with Crippen molar-refractivity contribution in [3.05, 3.63) is 6.33 Å². The van der Waals surface area contributed by atoms with Crippen LogP contribution in [0.3, 0.4) is 0 Å². The number of aromatic nitrogens is 3. The highest BCUT2D eigenvalue weighted by Crippen LogP contribution is 2.33. The molecule has 140 valence electrons. The normalized spacial score (nSPS) is 20.6. The topological polar surface area (TPSA) is 89.5 Å². The molecule has 0 radical (unpaired) electrons. The number of nitrogens with zero attached hydrogens (tertiary/aromatic N) is 4. The standard InChI is InChI=1S/C16H21N5O3S2/c22-12(17-8-11-2-1-5-24-11)9-25-15-13-14(18-10-19-15)20-16(26-13)21-3-6-23-7-4-21/h10-11H,1-9H2,(H,17,22). The molecule has 0 saturated carbocycles. The van der Waals surface area contributed by atoms with Crippen LogP contribution in [0.1, 0.15) is 12.8 Å². The van der Waals surface area contributed by atoms with E-state index in [0.717, 1.165) is 47.4 Å². The van der Waals surface area contributed by atoms with Gasteiger partial charge in [-0.05, 0) is 12.8 Å². The second-order valence-corrected chi connectivity index (χ2v) is 8.10. The predicted molar refractivity (Wildman–Crippen MR) is 101 cm³/mol.